The quantitative estimate of drug-likeness (QED) is 0.629. The average molecular weight is 228 g/mol. The Morgan fingerprint density at radius 1 is 1.62 bits per heavy atom. The molecule has 0 bridgehead atoms. The van der Waals surface area contributed by atoms with Crippen molar-refractivity contribution in [3.05, 3.63) is 17.5 Å². The molecule has 1 amide bonds. The van der Waals surface area contributed by atoms with Crippen LogP contribution in [-0.4, -0.2) is 39.9 Å². The second-order valence-electron chi connectivity index (χ2n) is 3.17. The molecule has 0 aliphatic heterocycles. The highest BCUT2D eigenvalue weighted by Gasteiger charge is 2.22. The van der Waals surface area contributed by atoms with Gasteiger partial charge in [-0.25, -0.2) is 4.79 Å². The summed E-state index contributed by atoms with van der Waals surface area (Å²) in [5.41, 5.74) is 0.184. The van der Waals surface area contributed by atoms with Crippen LogP contribution in [0.5, 0.6) is 0 Å². The molecular weight excluding hydrogens is 216 g/mol. The van der Waals surface area contributed by atoms with Crippen LogP contribution < -0.4 is 5.32 Å². The predicted molar refractivity (Wildman–Crippen MR) is 51.8 cm³/mol. The monoisotopic (exact) mass is 228 g/mol. The molecule has 3 N–H and O–H groups in total. The summed E-state index contributed by atoms with van der Waals surface area (Å²) in [6, 6.07) is -1.12. The first-order valence-corrected chi connectivity index (χ1v) is 4.62. The normalized spacial score (nSPS) is 12.1. The molecule has 1 heterocycles. The SMILES string of the molecule is Cc1oncc1C(=O)N[C@H](CCO)C(=O)O. The van der Waals surface area contributed by atoms with Gasteiger partial charge in [0.25, 0.3) is 5.91 Å². The number of aliphatic hydroxyl groups is 1. The first kappa shape index (κ1) is 12.2. The number of amides is 1. The van der Waals surface area contributed by atoms with Crippen LogP contribution in [0, 0.1) is 6.92 Å². The molecule has 0 fully saturated rings. The fraction of sp³-hybridized carbons (Fsp3) is 0.444. The highest BCUT2D eigenvalue weighted by molar-refractivity contribution is 5.97. The first-order valence-electron chi connectivity index (χ1n) is 4.62. The second kappa shape index (κ2) is 5.26. The molecule has 7 nitrogen and oxygen atoms in total. The molecule has 0 unspecified atom stereocenters. The van der Waals surface area contributed by atoms with E-state index in [4.69, 9.17) is 10.2 Å². The Morgan fingerprint density at radius 2 is 2.31 bits per heavy atom. The maximum atomic E-state index is 11.6. The van der Waals surface area contributed by atoms with Crippen molar-refractivity contribution >= 4 is 11.9 Å². The number of nitrogens with one attached hydrogen (secondary N) is 1. The number of hydrogen-bond acceptors (Lipinski definition) is 5. The Labute approximate surface area is 91.0 Å². The van der Waals surface area contributed by atoms with Crippen LogP contribution in [0.3, 0.4) is 0 Å². The lowest BCUT2D eigenvalue weighted by Gasteiger charge is -2.12. The third-order valence-electron chi connectivity index (χ3n) is 2.02. The molecule has 0 saturated carbocycles. The topological polar surface area (TPSA) is 113 Å². The fourth-order valence-corrected chi connectivity index (χ4v) is 1.14. The van der Waals surface area contributed by atoms with E-state index in [1.54, 1.807) is 6.92 Å². The van der Waals surface area contributed by atoms with Gasteiger partial charge in [-0.15, -0.1) is 0 Å². The summed E-state index contributed by atoms with van der Waals surface area (Å²) < 4.78 is 4.68. The summed E-state index contributed by atoms with van der Waals surface area (Å²) in [5, 5.41) is 23.1. The number of aliphatic carboxylic acids is 1. The lowest BCUT2D eigenvalue weighted by atomic mass is 10.2. The highest BCUT2D eigenvalue weighted by Crippen LogP contribution is 2.06. The van der Waals surface area contributed by atoms with Gasteiger partial charge >= 0.3 is 5.97 Å². The highest BCUT2D eigenvalue weighted by atomic mass is 16.5. The van der Waals surface area contributed by atoms with E-state index in [2.05, 4.69) is 15.0 Å². The van der Waals surface area contributed by atoms with Gasteiger partial charge in [-0.05, 0) is 6.92 Å². The van der Waals surface area contributed by atoms with Crippen molar-refractivity contribution in [3.63, 3.8) is 0 Å². The Balaban J connectivity index is 2.69. The standard InChI is InChI=1S/C9H12N2O5/c1-5-6(4-10-16-5)8(13)11-7(2-3-12)9(14)15/h4,7,12H,2-3H2,1H3,(H,11,13)(H,14,15)/t7-/m1/s1. The molecule has 7 heteroatoms. The van der Waals surface area contributed by atoms with Crippen molar-refractivity contribution in [1.82, 2.24) is 10.5 Å². The maximum Gasteiger partial charge on any atom is 0.326 e. The van der Waals surface area contributed by atoms with Gasteiger partial charge in [-0.1, -0.05) is 5.16 Å². The molecule has 88 valence electrons. The summed E-state index contributed by atoms with van der Waals surface area (Å²) in [4.78, 5) is 22.3. The average Bonchev–Trinajstić information content (AvgIpc) is 2.63. The van der Waals surface area contributed by atoms with Gasteiger partial charge in [0.2, 0.25) is 0 Å². The van der Waals surface area contributed by atoms with Gasteiger partial charge in [0.1, 0.15) is 17.4 Å². The molecular formula is C9H12N2O5. The van der Waals surface area contributed by atoms with E-state index in [0.29, 0.717) is 5.76 Å². The maximum absolute atomic E-state index is 11.6. The summed E-state index contributed by atoms with van der Waals surface area (Å²) in [5.74, 6) is -1.47. The van der Waals surface area contributed by atoms with Crippen molar-refractivity contribution in [2.24, 2.45) is 0 Å². The van der Waals surface area contributed by atoms with Crippen molar-refractivity contribution in [3.8, 4) is 0 Å². The molecule has 0 aromatic carbocycles. The number of hydrogen-bond donors (Lipinski definition) is 3. The molecule has 0 saturated heterocycles. The summed E-state index contributed by atoms with van der Waals surface area (Å²) >= 11 is 0. The van der Waals surface area contributed by atoms with Gasteiger partial charge in [-0.2, -0.15) is 0 Å². The van der Waals surface area contributed by atoms with Crippen LogP contribution in [0.25, 0.3) is 0 Å². The van der Waals surface area contributed by atoms with Gasteiger partial charge in [0.05, 0.1) is 6.20 Å². The Bertz CT molecular complexity index is 387. The van der Waals surface area contributed by atoms with Crippen LogP contribution in [0.1, 0.15) is 22.5 Å². The molecule has 1 rings (SSSR count). The van der Waals surface area contributed by atoms with Gasteiger partial charge in [0, 0.05) is 13.0 Å². The van der Waals surface area contributed by atoms with E-state index in [1.807, 2.05) is 0 Å². The number of aryl methyl sites for hydroxylation is 1. The van der Waals surface area contributed by atoms with Crippen LogP contribution >= 0.6 is 0 Å². The van der Waals surface area contributed by atoms with E-state index in [9.17, 15) is 9.59 Å². The minimum absolute atomic E-state index is 0.0502. The van der Waals surface area contributed by atoms with E-state index >= 15 is 0 Å². The third kappa shape index (κ3) is 2.80. The van der Waals surface area contributed by atoms with Crippen LogP contribution in [-0.2, 0) is 4.79 Å². The van der Waals surface area contributed by atoms with Crippen LogP contribution in [0.2, 0.25) is 0 Å². The summed E-state index contributed by atoms with van der Waals surface area (Å²) in [6.07, 6.45) is 1.16. The lowest BCUT2D eigenvalue weighted by Crippen LogP contribution is -2.41. The molecule has 0 radical (unpaired) electrons. The van der Waals surface area contributed by atoms with E-state index in [0.717, 1.165) is 0 Å². The number of rotatable bonds is 5. The predicted octanol–water partition coefficient (Wildman–Crippen LogP) is -0.452. The summed E-state index contributed by atoms with van der Waals surface area (Å²) in [7, 11) is 0. The molecule has 1 aromatic heterocycles. The Morgan fingerprint density at radius 3 is 2.75 bits per heavy atom. The van der Waals surface area contributed by atoms with Crippen LogP contribution in [0.15, 0.2) is 10.7 Å². The number of nitrogens with zero attached hydrogens (tertiary/aromatic N) is 1. The Kier molecular flexibility index (Phi) is 4.01. The molecule has 1 atom stereocenters. The zero-order valence-electron chi connectivity index (χ0n) is 8.64. The molecule has 1 aromatic rings. The molecule has 0 aliphatic carbocycles. The number of carboxylic acid groups (broad SMARTS) is 1. The smallest absolute Gasteiger partial charge is 0.326 e. The van der Waals surface area contributed by atoms with E-state index < -0.39 is 17.9 Å². The van der Waals surface area contributed by atoms with Crippen molar-refractivity contribution in [1.29, 1.82) is 0 Å². The van der Waals surface area contributed by atoms with Gasteiger partial charge in [-0.3, -0.25) is 4.79 Å². The number of aliphatic hydroxyl groups excluding tert-OH is 1. The minimum Gasteiger partial charge on any atom is -0.480 e. The number of aromatic nitrogens is 1. The van der Waals surface area contributed by atoms with Crippen molar-refractivity contribution in [2.45, 2.75) is 19.4 Å². The second-order valence-corrected chi connectivity index (χ2v) is 3.17. The number of carbonyl (C=O) groups excluding carboxylic acids is 1. The van der Waals surface area contributed by atoms with Crippen molar-refractivity contribution < 1.29 is 24.3 Å². The number of carbonyl (C=O) groups is 2. The molecule has 0 spiro atoms. The first-order chi connectivity index (χ1) is 7.56. The molecule has 0 aliphatic rings. The van der Waals surface area contributed by atoms with Crippen LogP contribution in [0.4, 0.5) is 0 Å². The Hall–Kier alpha value is -1.89. The minimum atomic E-state index is -1.20. The molecule has 16 heavy (non-hydrogen) atoms. The van der Waals surface area contributed by atoms with E-state index in [1.165, 1.54) is 6.20 Å². The zero-order valence-corrected chi connectivity index (χ0v) is 8.64. The fourth-order valence-electron chi connectivity index (χ4n) is 1.14. The van der Waals surface area contributed by atoms with E-state index in [-0.39, 0.29) is 18.6 Å². The largest absolute Gasteiger partial charge is 0.480 e. The van der Waals surface area contributed by atoms with Gasteiger partial charge < -0.3 is 20.1 Å². The van der Waals surface area contributed by atoms with Gasteiger partial charge in [0.15, 0.2) is 0 Å². The lowest BCUT2D eigenvalue weighted by molar-refractivity contribution is -0.139. The third-order valence-corrected chi connectivity index (χ3v) is 2.02. The number of carboxylic acids is 1. The summed E-state index contributed by atoms with van der Waals surface area (Å²) in [6.45, 7) is 1.23. The van der Waals surface area contributed by atoms with Crippen molar-refractivity contribution in [2.75, 3.05) is 6.61 Å². The zero-order chi connectivity index (χ0) is 12.1.